The number of esters is 1. The average Bonchev–Trinajstić information content (AvgIpc) is 2.66. The predicted molar refractivity (Wildman–Crippen MR) is 98.2 cm³/mol. The number of rotatable bonds is 4. The Kier molecular flexibility index (Phi) is 5.48. The number of primary sulfonamides is 1. The van der Waals surface area contributed by atoms with Gasteiger partial charge in [0.05, 0.1) is 10.5 Å². The highest BCUT2D eigenvalue weighted by Gasteiger charge is 2.28. The molecule has 28 heavy (non-hydrogen) atoms. The van der Waals surface area contributed by atoms with Gasteiger partial charge < -0.3 is 9.64 Å². The van der Waals surface area contributed by atoms with Crippen molar-refractivity contribution in [2.75, 3.05) is 6.54 Å². The van der Waals surface area contributed by atoms with E-state index in [0.29, 0.717) is 19.5 Å². The number of benzene rings is 2. The Balaban J connectivity index is 1.72. The first-order valence-electron chi connectivity index (χ1n) is 8.55. The summed E-state index contributed by atoms with van der Waals surface area (Å²) in [7, 11) is -4.12. The molecule has 148 valence electrons. The summed E-state index contributed by atoms with van der Waals surface area (Å²) < 4.78 is 41.8. The second-order valence-corrected chi connectivity index (χ2v) is 8.07. The molecule has 9 heteroatoms. The minimum Gasteiger partial charge on any atom is -0.449 e. The summed E-state index contributed by atoms with van der Waals surface area (Å²) in [6.07, 6.45) is -0.469. The number of fused-ring (bicyclic) bond motifs is 1. The van der Waals surface area contributed by atoms with Gasteiger partial charge in [-0.1, -0.05) is 24.3 Å². The van der Waals surface area contributed by atoms with E-state index >= 15 is 0 Å². The Hall–Kier alpha value is -2.78. The standard InChI is InChI=1S/C19H19FN2O5S/c1-12(18(23)22-9-8-13-4-2-3-5-14(13)11-22)27-19(24)16-10-15(28(21,25)26)6-7-17(16)20/h2-7,10,12H,8-9,11H2,1H3,(H2,21,25,26)/t12-/m1/s1. The Labute approximate surface area is 161 Å². The fraction of sp³-hybridized carbons (Fsp3) is 0.263. The van der Waals surface area contributed by atoms with Crippen LogP contribution < -0.4 is 5.14 Å². The highest BCUT2D eigenvalue weighted by molar-refractivity contribution is 7.89. The SMILES string of the molecule is C[C@@H](OC(=O)c1cc(S(N)(=O)=O)ccc1F)C(=O)N1CCc2ccccc2C1. The van der Waals surface area contributed by atoms with E-state index in [-0.39, 0.29) is 0 Å². The number of sulfonamides is 1. The van der Waals surface area contributed by atoms with E-state index in [9.17, 15) is 22.4 Å². The lowest BCUT2D eigenvalue weighted by Gasteiger charge is -2.30. The number of carbonyl (C=O) groups is 2. The second-order valence-electron chi connectivity index (χ2n) is 6.51. The molecule has 1 aliphatic heterocycles. The highest BCUT2D eigenvalue weighted by Crippen LogP contribution is 2.20. The summed E-state index contributed by atoms with van der Waals surface area (Å²) in [4.78, 5) is 26.0. The smallest absolute Gasteiger partial charge is 0.341 e. The molecule has 2 aromatic rings. The van der Waals surface area contributed by atoms with Crippen LogP contribution >= 0.6 is 0 Å². The molecule has 0 radical (unpaired) electrons. The van der Waals surface area contributed by atoms with Crippen LogP contribution in [-0.4, -0.2) is 37.8 Å². The van der Waals surface area contributed by atoms with Crippen LogP contribution in [0.1, 0.15) is 28.4 Å². The first-order chi connectivity index (χ1) is 13.2. The van der Waals surface area contributed by atoms with Crippen LogP contribution in [0, 0.1) is 5.82 Å². The van der Waals surface area contributed by atoms with Gasteiger partial charge in [0, 0.05) is 13.1 Å². The van der Waals surface area contributed by atoms with Crippen molar-refractivity contribution in [3.05, 3.63) is 65.0 Å². The zero-order valence-electron chi connectivity index (χ0n) is 15.1. The molecule has 1 heterocycles. The second kappa shape index (κ2) is 7.69. The van der Waals surface area contributed by atoms with Crippen LogP contribution in [0.4, 0.5) is 4.39 Å². The molecule has 2 N–H and O–H groups in total. The van der Waals surface area contributed by atoms with Crippen molar-refractivity contribution in [3.63, 3.8) is 0 Å². The molecule has 1 aliphatic rings. The van der Waals surface area contributed by atoms with Crippen molar-refractivity contribution < 1.29 is 27.1 Å². The van der Waals surface area contributed by atoms with Crippen LogP contribution in [0.5, 0.6) is 0 Å². The van der Waals surface area contributed by atoms with Crippen molar-refractivity contribution in [1.82, 2.24) is 4.90 Å². The molecule has 1 atom stereocenters. The average molecular weight is 406 g/mol. The van der Waals surface area contributed by atoms with Crippen LogP contribution in [0.3, 0.4) is 0 Å². The van der Waals surface area contributed by atoms with E-state index < -0.39 is 44.3 Å². The molecule has 0 bridgehead atoms. The summed E-state index contributed by atoms with van der Waals surface area (Å²) in [5.41, 5.74) is 1.58. The third kappa shape index (κ3) is 4.20. The maximum atomic E-state index is 13.9. The maximum Gasteiger partial charge on any atom is 0.341 e. The molecule has 0 unspecified atom stereocenters. The van der Waals surface area contributed by atoms with Crippen molar-refractivity contribution >= 4 is 21.9 Å². The number of nitrogens with zero attached hydrogens (tertiary/aromatic N) is 1. The van der Waals surface area contributed by atoms with Crippen molar-refractivity contribution in [3.8, 4) is 0 Å². The first-order valence-corrected chi connectivity index (χ1v) is 10.1. The van der Waals surface area contributed by atoms with Crippen molar-refractivity contribution in [2.24, 2.45) is 5.14 Å². The Morgan fingerprint density at radius 1 is 1.18 bits per heavy atom. The molecule has 1 amide bonds. The van der Waals surface area contributed by atoms with Crippen LogP contribution in [0.25, 0.3) is 0 Å². The first kappa shape index (κ1) is 20.0. The topological polar surface area (TPSA) is 107 Å². The summed E-state index contributed by atoms with van der Waals surface area (Å²) >= 11 is 0. The van der Waals surface area contributed by atoms with Gasteiger partial charge in [-0.05, 0) is 42.7 Å². The quantitative estimate of drug-likeness (QED) is 0.777. The van der Waals surface area contributed by atoms with E-state index in [0.717, 1.165) is 29.3 Å². The largest absolute Gasteiger partial charge is 0.449 e. The number of hydrogen-bond donors (Lipinski definition) is 1. The summed E-state index contributed by atoms with van der Waals surface area (Å²) in [5.74, 6) is -2.52. The van der Waals surface area contributed by atoms with Gasteiger partial charge in [0.1, 0.15) is 5.82 Å². The van der Waals surface area contributed by atoms with E-state index in [1.807, 2.05) is 24.3 Å². The fourth-order valence-electron chi connectivity index (χ4n) is 3.05. The molecule has 7 nitrogen and oxygen atoms in total. The van der Waals surface area contributed by atoms with E-state index in [4.69, 9.17) is 9.88 Å². The van der Waals surface area contributed by atoms with E-state index in [1.165, 1.54) is 6.92 Å². The minimum absolute atomic E-state index is 0.395. The number of ether oxygens (including phenoxy) is 1. The van der Waals surface area contributed by atoms with Gasteiger partial charge >= 0.3 is 5.97 Å². The lowest BCUT2D eigenvalue weighted by molar-refractivity contribution is -0.140. The van der Waals surface area contributed by atoms with Crippen molar-refractivity contribution in [1.29, 1.82) is 0 Å². The molecule has 0 saturated heterocycles. The zero-order chi connectivity index (χ0) is 20.5. The zero-order valence-corrected chi connectivity index (χ0v) is 15.9. The molecule has 2 aromatic carbocycles. The van der Waals surface area contributed by atoms with Crippen LogP contribution in [0.15, 0.2) is 47.4 Å². The van der Waals surface area contributed by atoms with E-state index in [2.05, 4.69) is 0 Å². The third-order valence-corrected chi connectivity index (χ3v) is 5.47. The number of carbonyl (C=O) groups excluding carboxylic acids is 2. The van der Waals surface area contributed by atoms with Gasteiger partial charge in [0.15, 0.2) is 6.10 Å². The van der Waals surface area contributed by atoms with Crippen LogP contribution in [-0.2, 0) is 32.5 Å². The third-order valence-electron chi connectivity index (χ3n) is 4.56. The lowest BCUT2D eigenvalue weighted by Crippen LogP contribution is -2.42. The van der Waals surface area contributed by atoms with Gasteiger partial charge in [0.2, 0.25) is 10.0 Å². The van der Waals surface area contributed by atoms with E-state index in [1.54, 1.807) is 4.90 Å². The molecule has 0 aliphatic carbocycles. The minimum atomic E-state index is -4.12. The number of halogens is 1. The van der Waals surface area contributed by atoms with Gasteiger partial charge in [-0.15, -0.1) is 0 Å². The Bertz CT molecular complexity index is 1040. The van der Waals surface area contributed by atoms with Crippen LogP contribution in [0.2, 0.25) is 0 Å². The fourth-order valence-corrected chi connectivity index (χ4v) is 3.59. The maximum absolute atomic E-state index is 13.9. The Morgan fingerprint density at radius 3 is 2.54 bits per heavy atom. The molecular weight excluding hydrogens is 387 g/mol. The highest BCUT2D eigenvalue weighted by atomic mass is 32.2. The molecule has 0 saturated carbocycles. The molecule has 3 rings (SSSR count). The number of nitrogens with two attached hydrogens (primary N) is 1. The lowest BCUT2D eigenvalue weighted by atomic mass is 9.99. The van der Waals surface area contributed by atoms with Crippen molar-refractivity contribution in [2.45, 2.75) is 30.9 Å². The normalized spacial score (nSPS) is 14.9. The van der Waals surface area contributed by atoms with Gasteiger partial charge in [-0.3, -0.25) is 4.79 Å². The summed E-state index contributed by atoms with van der Waals surface area (Å²) in [6.45, 7) is 2.27. The summed E-state index contributed by atoms with van der Waals surface area (Å²) in [6, 6.07) is 10.3. The molecule has 0 aromatic heterocycles. The molecular formula is C19H19FN2O5S. The molecule has 0 spiro atoms. The monoisotopic (exact) mass is 406 g/mol. The van der Waals surface area contributed by atoms with Gasteiger partial charge in [-0.25, -0.2) is 22.7 Å². The number of amides is 1. The van der Waals surface area contributed by atoms with Gasteiger partial charge in [-0.2, -0.15) is 0 Å². The number of hydrogen-bond acceptors (Lipinski definition) is 5. The van der Waals surface area contributed by atoms with Gasteiger partial charge in [0.25, 0.3) is 5.91 Å². The predicted octanol–water partition coefficient (Wildman–Crippen LogP) is 1.60. The summed E-state index contributed by atoms with van der Waals surface area (Å²) in [5, 5.41) is 5.00. The molecule has 0 fully saturated rings. The Morgan fingerprint density at radius 2 is 1.86 bits per heavy atom.